The van der Waals surface area contributed by atoms with Gasteiger partial charge in [-0.15, -0.1) is 12.4 Å². The highest BCUT2D eigenvalue weighted by Crippen LogP contribution is 2.13. The van der Waals surface area contributed by atoms with Crippen LogP contribution in [-0.4, -0.2) is 40.6 Å². The number of aromatic nitrogens is 2. The van der Waals surface area contributed by atoms with E-state index in [1.807, 2.05) is 32.6 Å². The van der Waals surface area contributed by atoms with E-state index in [4.69, 9.17) is 10.3 Å². The van der Waals surface area contributed by atoms with Gasteiger partial charge in [0.1, 0.15) is 0 Å². The Balaban J connectivity index is 0.00000361. The van der Waals surface area contributed by atoms with Crippen LogP contribution in [0, 0.1) is 0 Å². The zero-order valence-corrected chi connectivity index (χ0v) is 13.3. The summed E-state index contributed by atoms with van der Waals surface area (Å²) in [5, 5.41) is 6.61. The number of rotatable bonds is 7. The lowest BCUT2D eigenvalue weighted by Gasteiger charge is -2.17. The monoisotopic (exact) mass is 305 g/mol. The smallest absolute Gasteiger partial charge is 0.240 e. The maximum absolute atomic E-state index is 11.5. The molecular weight excluding hydrogens is 282 g/mol. The molecule has 0 aromatic carbocycles. The molecule has 0 saturated carbocycles. The van der Waals surface area contributed by atoms with E-state index in [9.17, 15) is 4.79 Å². The first-order valence-corrected chi connectivity index (χ1v) is 6.47. The van der Waals surface area contributed by atoms with E-state index in [1.165, 1.54) is 0 Å². The van der Waals surface area contributed by atoms with Gasteiger partial charge in [-0.05, 0) is 27.3 Å². The molecule has 116 valence electrons. The zero-order valence-electron chi connectivity index (χ0n) is 12.5. The summed E-state index contributed by atoms with van der Waals surface area (Å²) in [4.78, 5) is 17.7. The molecule has 3 N–H and O–H groups in total. The Kier molecular flexibility index (Phi) is 7.70. The standard InChI is InChI=1S/C12H23N5O2.ClH/c1-5-14-9(18)7-17(6-2)8-10-15-11(16-19-10)12(3,4)13;/h5-8,13H2,1-4H3,(H,14,18);1H. The molecule has 0 bridgehead atoms. The van der Waals surface area contributed by atoms with Crippen molar-refractivity contribution in [2.75, 3.05) is 19.6 Å². The summed E-state index contributed by atoms with van der Waals surface area (Å²) in [5.41, 5.74) is 5.26. The summed E-state index contributed by atoms with van der Waals surface area (Å²) in [6.07, 6.45) is 0. The number of carbonyl (C=O) groups excluding carboxylic acids is 1. The fourth-order valence-electron chi connectivity index (χ4n) is 1.51. The number of amides is 1. The maximum atomic E-state index is 11.5. The summed E-state index contributed by atoms with van der Waals surface area (Å²) < 4.78 is 5.15. The van der Waals surface area contributed by atoms with E-state index in [-0.39, 0.29) is 18.3 Å². The molecule has 1 aromatic heterocycles. The second-order valence-electron chi connectivity index (χ2n) is 4.99. The minimum atomic E-state index is -0.627. The molecule has 0 aliphatic heterocycles. The number of halogens is 1. The van der Waals surface area contributed by atoms with Gasteiger partial charge in [0.2, 0.25) is 11.8 Å². The predicted molar refractivity (Wildman–Crippen MR) is 78.4 cm³/mol. The fraction of sp³-hybridized carbons (Fsp3) is 0.750. The molecule has 1 aromatic rings. The van der Waals surface area contributed by atoms with Crippen molar-refractivity contribution in [1.29, 1.82) is 0 Å². The van der Waals surface area contributed by atoms with E-state index >= 15 is 0 Å². The molecule has 1 heterocycles. The van der Waals surface area contributed by atoms with Crippen molar-refractivity contribution >= 4 is 18.3 Å². The third kappa shape index (κ3) is 5.85. The molecule has 1 amide bonds. The number of nitrogens with one attached hydrogen (secondary N) is 1. The molecule has 8 heteroatoms. The first-order chi connectivity index (χ1) is 8.86. The van der Waals surface area contributed by atoms with Crippen LogP contribution in [0.2, 0.25) is 0 Å². The molecule has 1 rings (SSSR count). The van der Waals surface area contributed by atoms with Crippen LogP contribution in [0.25, 0.3) is 0 Å². The number of hydrogen-bond acceptors (Lipinski definition) is 6. The Morgan fingerprint density at radius 3 is 2.55 bits per heavy atom. The molecular formula is C12H24ClN5O2. The Morgan fingerprint density at radius 2 is 2.10 bits per heavy atom. The van der Waals surface area contributed by atoms with Crippen LogP contribution in [0.15, 0.2) is 4.52 Å². The average molecular weight is 306 g/mol. The first kappa shape index (κ1) is 18.8. The summed E-state index contributed by atoms with van der Waals surface area (Å²) in [7, 11) is 0. The predicted octanol–water partition coefficient (Wildman–Crippen LogP) is 0.643. The molecule has 7 nitrogen and oxygen atoms in total. The minimum Gasteiger partial charge on any atom is -0.355 e. The zero-order chi connectivity index (χ0) is 14.5. The highest BCUT2D eigenvalue weighted by atomic mass is 35.5. The molecule has 0 spiro atoms. The Bertz CT molecular complexity index is 416. The van der Waals surface area contributed by atoms with Crippen molar-refractivity contribution in [3.63, 3.8) is 0 Å². The summed E-state index contributed by atoms with van der Waals surface area (Å²) in [5.74, 6) is 0.930. The molecule has 0 saturated heterocycles. The lowest BCUT2D eigenvalue weighted by Crippen LogP contribution is -2.36. The SMILES string of the molecule is CCNC(=O)CN(CC)Cc1nc(C(C)(C)N)no1.Cl. The van der Waals surface area contributed by atoms with E-state index in [1.54, 1.807) is 0 Å². The molecule has 0 atom stereocenters. The normalized spacial score (nSPS) is 11.3. The highest BCUT2D eigenvalue weighted by molar-refractivity contribution is 5.85. The van der Waals surface area contributed by atoms with Crippen LogP contribution in [-0.2, 0) is 16.9 Å². The summed E-state index contributed by atoms with van der Waals surface area (Å²) >= 11 is 0. The van der Waals surface area contributed by atoms with Gasteiger partial charge in [-0.2, -0.15) is 4.98 Å². The van der Waals surface area contributed by atoms with Crippen LogP contribution in [0.5, 0.6) is 0 Å². The Labute approximate surface area is 125 Å². The summed E-state index contributed by atoms with van der Waals surface area (Å²) in [6, 6.07) is 0. The molecule has 0 fully saturated rings. The molecule has 0 aliphatic carbocycles. The Morgan fingerprint density at radius 1 is 1.45 bits per heavy atom. The highest BCUT2D eigenvalue weighted by Gasteiger charge is 2.22. The van der Waals surface area contributed by atoms with Crippen molar-refractivity contribution in [3.8, 4) is 0 Å². The number of nitrogens with two attached hydrogens (primary N) is 1. The third-order valence-corrected chi connectivity index (χ3v) is 2.59. The van der Waals surface area contributed by atoms with Crippen LogP contribution in [0.3, 0.4) is 0 Å². The third-order valence-electron chi connectivity index (χ3n) is 2.59. The van der Waals surface area contributed by atoms with E-state index in [0.717, 1.165) is 6.54 Å². The van der Waals surface area contributed by atoms with Crippen molar-refractivity contribution in [2.24, 2.45) is 5.73 Å². The molecule has 0 aliphatic rings. The molecule has 0 unspecified atom stereocenters. The van der Waals surface area contributed by atoms with Crippen LogP contribution in [0.1, 0.15) is 39.4 Å². The van der Waals surface area contributed by atoms with Gasteiger partial charge in [-0.3, -0.25) is 9.69 Å². The number of carbonyl (C=O) groups is 1. The number of likely N-dealkylation sites (N-methyl/N-ethyl adjacent to an activating group) is 2. The maximum Gasteiger partial charge on any atom is 0.240 e. The largest absolute Gasteiger partial charge is 0.355 e. The second kappa shape index (κ2) is 8.18. The first-order valence-electron chi connectivity index (χ1n) is 6.47. The van der Waals surface area contributed by atoms with Crippen LogP contribution < -0.4 is 11.1 Å². The van der Waals surface area contributed by atoms with Gasteiger partial charge in [-0.25, -0.2) is 0 Å². The van der Waals surface area contributed by atoms with Gasteiger partial charge < -0.3 is 15.6 Å². The lowest BCUT2D eigenvalue weighted by atomic mass is 10.1. The van der Waals surface area contributed by atoms with Gasteiger partial charge >= 0.3 is 0 Å². The van der Waals surface area contributed by atoms with Gasteiger partial charge in [-0.1, -0.05) is 12.1 Å². The van der Waals surface area contributed by atoms with Crippen molar-refractivity contribution < 1.29 is 9.32 Å². The van der Waals surface area contributed by atoms with Crippen LogP contribution >= 0.6 is 12.4 Å². The van der Waals surface area contributed by atoms with Gasteiger partial charge in [0.05, 0.1) is 18.6 Å². The molecule has 20 heavy (non-hydrogen) atoms. The summed E-state index contributed by atoms with van der Waals surface area (Å²) in [6.45, 7) is 9.60. The van der Waals surface area contributed by atoms with Crippen LogP contribution in [0.4, 0.5) is 0 Å². The second-order valence-corrected chi connectivity index (χ2v) is 4.99. The van der Waals surface area contributed by atoms with E-state index < -0.39 is 5.54 Å². The van der Waals surface area contributed by atoms with E-state index in [2.05, 4.69) is 15.5 Å². The van der Waals surface area contributed by atoms with Gasteiger partial charge in [0.15, 0.2) is 5.82 Å². The minimum absolute atomic E-state index is 0. The van der Waals surface area contributed by atoms with E-state index in [0.29, 0.717) is 31.3 Å². The van der Waals surface area contributed by atoms with Gasteiger partial charge in [0.25, 0.3) is 0 Å². The topological polar surface area (TPSA) is 97.3 Å². The fourth-order valence-corrected chi connectivity index (χ4v) is 1.51. The van der Waals surface area contributed by atoms with Crippen molar-refractivity contribution in [3.05, 3.63) is 11.7 Å². The van der Waals surface area contributed by atoms with Crippen molar-refractivity contribution in [2.45, 2.75) is 39.8 Å². The lowest BCUT2D eigenvalue weighted by molar-refractivity contribution is -0.122. The number of hydrogen-bond donors (Lipinski definition) is 2. The Hall–Kier alpha value is -1.18. The van der Waals surface area contributed by atoms with Gasteiger partial charge in [0, 0.05) is 6.54 Å². The number of nitrogens with zero attached hydrogens (tertiary/aromatic N) is 3. The molecule has 0 radical (unpaired) electrons. The average Bonchev–Trinajstić information content (AvgIpc) is 2.76. The quantitative estimate of drug-likeness (QED) is 0.767. The van der Waals surface area contributed by atoms with Crippen molar-refractivity contribution in [1.82, 2.24) is 20.4 Å².